The highest BCUT2D eigenvalue weighted by Gasteiger charge is 2.15. The highest BCUT2D eigenvalue weighted by molar-refractivity contribution is 5.85. The Morgan fingerprint density at radius 2 is 1.88 bits per heavy atom. The highest BCUT2D eigenvalue weighted by Crippen LogP contribution is 2.36. The maximum Gasteiger partial charge on any atom is 0.269 e. The molecule has 0 aliphatic rings. The fourth-order valence-corrected chi connectivity index (χ4v) is 3.72. The third-order valence-electron chi connectivity index (χ3n) is 5.40. The minimum Gasteiger partial charge on any atom is -0.504 e. The van der Waals surface area contributed by atoms with E-state index in [9.17, 15) is 15.2 Å². The van der Waals surface area contributed by atoms with Gasteiger partial charge in [-0.15, -0.1) is 0 Å². The number of aromatic nitrogens is 3. The van der Waals surface area contributed by atoms with Gasteiger partial charge < -0.3 is 14.4 Å². The summed E-state index contributed by atoms with van der Waals surface area (Å²) >= 11 is 0. The molecule has 0 spiro atoms. The Bertz CT molecular complexity index is 1530. The first-order valence-electron chi connectivity index (χ1n) is 10.4. The Labute approximate surface area is 194 Å². The summed E-state index contributed by atoms with van der Waals surface area (Å²) in [4.78, 5) is 20.0. The molecule has 5 aromatic rings. The average Bonchev–Trinajstić information content (AvgIpc) is 3.47. The summed E-state index contributed by atoms with van der Waals surface area (Å²) < 4.78 is 9.03. The van der Waals surface area contributed by atoms with E-state index in [-0.39, 0.29) is 11.4 Å². The first-order valence-corrected chi connectivity index (χ1v) is 10.4. The summed E-state index contributed by atoms with van der Waals surface area (Å²) in [5, 5.41) is 20.9. The topological polar surface area (TPSA) is 107 Å². The number of hydrogen-bond acceptors (Lipinski definition) is 6. The molecule has 0 atom stereocenters. The summed E-state index contributed by atoms with van der Waals surface area (Å²) in [5.74, 6) is 0.998. The number of nitro benzene ring substituents is 1. The molecule has 9 heteroatoms. The van der Waals surface area contributed by atoms with E-state index < -0.39 is 4.92 Å². The summed E-state index contributed by atoms with van der Waals surface area (Å²) in [6.45, 7) is 0. The predicted molar refractivity (Wildman–Crippen MR) is 129 cm³/mol. The number of phenolic OH excluding ortho intramolecular Hbond substituents is 1. The van der Waals surface area contributed by atoms with Crippen LogP contribution >= 0.6 is 0 Å². The van der Waals surface area contributed by atoms with Gasteiger partial charge in [0, 0.05) is 35.8 Å². The number of nitrogens with zero attached hydrogens (tertiary/aromatic N) is 5. The third-order valence-corrected chi connectivity index (χ3v) is 5.40. The van der Waals surface area contributed by atoms with Crippen molar-refractivity contribution in [3.05, 3.63) is 101 Å². The van der Waals surface area contributed by atoms with Crippen LogP contribution in [0.1, 0.15) is 5.69 Å². The number of phenols is 1. The molecule has 1 N–H and O–H groups in total. The van der Waals surface area contributed by atoms with E-state index in [1.807, 2.05) is 51.7 Å². The monoisotopic (exact) mass is 453 g/mol. The van der Waals surface area contributed by atoms with Crippen LogP contribution in [0.2, 0.25) is 0 Å². The molecule has 0 fully saturated rings. The summed E-state index contributed by atoms with van der Waals surface area (Å²) in [5.41, 5.74) is 3.70. The smallest absolute Gasteiger partial charge is 0.269 e. The first kappa shape index (κ1) is 21.0. The van der Waals surface area contributed by atoms with Crippen molar-refractivity contribution in [2.75, 3.05) is 7.11 Å². The zero-order valence-corrected chi connectivity index (χ0v) is 18.1. The van der Waals surface area contributed by atoms with Crippen LogP contribution in [0.4, 0.5) is 11.5 Å². The van der Waals surface area contributed by atoms with Crippen LogP contribution in [-0.4, -0.2) is 37.3 Å². The lowest BCUT2D eigenvalue weighted by Gasteiger charge is -2.07. The maximum atomic E-state index is 11.0. The summed E-state index contributed by atoms with van der Waals surface area (Å²) in [6.07, 6.45) is 5.47. The van der Waals surface area contributed by atoms with Crippen LogP contribution in [0.25, 0.3) is 22.6 Å². The maximum absolute atomic E-state index is 11.0. The number of methoxy groups -OCH3 is 1. The van der Waals surface area contributed by atoms with E-state index >= 15 is 0 Å². The largest absolute Gasteiger partial charge is 0.504 e. The molecule has 0 unspecified atom stereocenters. The molecule has 3 heterocycles. The van der Waals surface area contributed by atoms with Crippen molar-refractivity contribution in [1.29, 1.82) is 0 Å². The average molecular weight is 453 g/mol. The number of aliphatic imine (C=N–C) groups is 1. The fourth-order valence-electron chi connectivity index (χ4n) is 3.72. The second-order valence-electron chi connectivity index (χ2n) is 7.43. The number of aromatic hydroxyl groups is 1. The summed E-state index contributed by atoms with van der Waals surface area (Å²) in [7, 11) is 1.49. The Kier molecular flexibility index (Phi) is 5.27. The Hall–Kier alpha value is -4.92. The minimum absolute atomic E-state index is 0.0332. The quantitative estimate of drug-likeness (QED) is 0.217. The van der Waals surface area contributed by atoms with Crippen molar-refractivity contribution in [2.24, 2.45) is 4.99 Å². The molecule has 0 saturated heterocycles. The molecule has 168 valence electrons. The Balaban J connectivity index is 1.58. The van der Waals surface area contributed by atoms with Gasteiger partial charge in [0.05, 0.1) is 23.9 Å². The van der Waals surface area contributed by atoms with Crippen molar-refractivity contribution in [2.45, 2.75) is 0 Å². The Morgan fingerprint density at radius 3 is 2.65 bits per heavy atom. The molecule has 5 rings (SSSR count). The van der Waals surface area contributed by atoms with Crippen molar-refractivity contribution < 1.29 is 14.8 Å². The number of rotatable bonds is 6. The molecular formula is C25H19N5O4. The van der Waals surface area contributed by atoms with E-state index in [1.165, 1.54) is 19.2 Å². The molecule has 3 aromatic heterocycles. The number of benzene rings is 2. The number of hydrogen-bond donors (Lipinski definition) is 1. The molecular weight excluding hydrogens is 434 g/mol. The third kappa shape index (κ3) is 3.75. The van der Waals surface area contributed by atoms with Gasteiger partial charge in [0.1, 0.15) is 11.3 Å². The lowest BCUT2D eigenvalue weighted by atomic mass is 10.1. The minimum atomic E-state index is -0.424. The van der Waals surface area contributed by atoms with Gasteiger partial charge in [-0.05, 0) is 54.6 Å². The van der Waals surface area contributed by atoms with Gasteiger partial charge >= 0.3 is 0 Å². The van der Waals surface area contributed by atoms with Gasteiger partial charge in [0.2, 0.25) is 0 Å². The van der Waals surface area contributed by atoms with Gasteiger partial charge in [0.25, 0.3) is 5.69 Å². The number of pyridine rings is 1. The van der Waals surface area contributed by atoms with Crippen LogP contribution in [0, 0.1) is 10.1 Å². The van der Waals surface area contributed by atoms with Crippen LogP contribution < -0.4 is 4.74 Å². The second-order valence-corrected chi connectivity index (χ2v) is 7.43. The van der Waals surface area contributed by atoms with E-state index in [2.05, 4.69) is 0 Å². The summed E-state index contributed by atoms with van der Waals surface area (Å²) in [6, 6.07) is 20.8. The van der Waals surface area contributed by atoms with Crippen LogP contribution in [0.15, 0.2) is 90.2 Å². The standard InChI is InChI=1S/C25H19N5O4/c1-34-22-15-17(7-12-21(22)31)24-25(29-13-3-2-6-23(29)27-24)26-16-20-5-4-14-28(20)18-8-10-19(11-9-18)30(32)33/h2-16,31H,1H3. The molecule has 0 radical (unpaired) electrons. The van der Waals surface area contributed by atoms with Gasteiger partial charge in [-0.1, -0.05) is 6.07 Å². The second kappa shape index (κ2) is 8.55. The van der Waals surface area contributed by atoms with Gasteiger partial charge in [-0.3, -0.25) is 14.5 Å². The molecule has 2 aromatic carbocycles. The van der Waals surface area contributed by atoms with Crippen molar-refractivity contribution >= 4 is 23.4 Å². The Morgan fingerprint density at radius 1 is 1.06 bits per heavy atom. The van der Waals surface area contributed by atoms with Gasteiger partial charge in [-0.2, -0.15) is 0 Å². The zero-order valence-electron chi connectivity index (χ0n) is 18.1. The van der Waals surface area contributed by atoms with Crippen molar-refractivity contribution in [3.63, 3.8) is 0 Å². The molecule has 0 bridgehead atoms. The lowest BCUT2D eigenvalue weighted by Crippen LogP contribution is -1.98. The number of ether oxygens (including phenoxy) is 1. The number of non-ortho nitro benzene ring substituents is 1. The predicted octanol–water partition coefficient (Wildman–Crippen LogP) is 5.17. The molecule has 34 heavy (non-hydrogen) atoms. The zero-order chi connectivity index (χ0) is 23.7. The normalized spacial score (nSPS) is 11.3. The molecule has 9 nitrogen and oxygen atoms in total. The number of fused-ring (bicyclic) bond motifs is 1. The highest BCUT2D eigenvalue weighted by atomic mass is 16.6. The molecule has 0 aliphatic carbocycles. The van der Waals surface area contributed by atoms with E-state index in [1.54, 1.807) is 36.5 Å². The van der Waals surface area contributed by atoms with Gasteiger partial charge in [0.15, 0.2) is 17.3 Å². The molecule has 0 saturated carbocycles. The lowest BCUT2D eigenvalue weighted by molar-refractivity contribution is -0.384. The number of nitro groups is 1. The fraction of sp³-hybridized carbons (Fsp3) is 0.0400. The van der Waals surface area contributed by atoms with Crippen LogP contribution in [0.3, 0.4) is 0 Å². The SMILES string of the molecule is COc1cc(-c2nc3ccccn3c2N=Cc2cccn2-c2ccc([N+](=O)[O-])cc2)ccc1O. The van der Waals surface area contributed by atoms with E-state index in [0.717, 1.165) is 22.6 Å². The van der Waals surface area contributed by atoms with E-state index in [0.29, 0.717) is 17.3 Å². The van der Waals surface area contributed by atoms with Gasteiger partial charge in [-0.25, -0.2) is 9.98 Å². The number of imidazole rings is 1. The molecule has 0 aliphatic heterocycles. The van der Waals surface area contributed by atoms with Crippen molar-refractivity contribution in [3.8, 4) is 28.4 Å². The van der Waals surface area contributed by atoms with Crippen molar-refractivity contribution in [1.82, 2.24) is 14.0 Å². The van der Waals surface area contributed by atoms with E-state index in [4.69, 9.17) is 14.7 Å². The van der Waals surface area contributed by atoms with Crippen LogP contribution in [-0.2, 0) is 0 Å². The van der Waals surface area contributed by atoms with Crippen LogP contribution in [0.5, 0.6) is 11.5 Å². The molecule has 0 amide bonds. The first-order chi connectivity index (χ1) is 16.5.